The molecule has 2 heterocycles. The average Bonchev–Trinajstić information content (AvgIpc) is 2.94. The lowest BCUT2D eigenvalue weighted by Crippen LogP contribution is -2.07. The Kier molecular flexibility index (Phi) is 4.46. The van der Waals surface area contributed by atoms with Crippen molar-refractivity contribution in [2.45, 2.75) is 13.5 Å². The Morgan fingerprint density at radius 1 is 1.15 bits per heavy atom. The molecular weight excluding hydrogens is 362 g/mol. The molecule has 136 valence electrons. The molecule has 0 aliphatic heterocycles. The van der Waals surface area contributed by atoms with Gasteiger partial charge in [0.05, 0.1) is 18.3 Å². The first kappa shape index (κ1) is 17.4. The highest BCUT2D eigenvalue weighted by atomic mass is 35.5. The van der Waals surface area contributed by atoms with Gasteiger partial charge in [-0.2, -0.15) is 0 Å². The fourth-order valence-electron chi connectivity index (χ4n) is 3.32. The third-order valence-electron chi connectivity index (χ3n) is 4.49. The summed E-state index contributed by atoms with van der Waals surface area (Å²) in [6.07, 6.45) is 1.71. The van der Waals surface area contributed by atoms with E-state index in [4.69, 9.17) is 22.1 Å². The molecule has 0 fully saturated rings. The number of esters is 1. The topological polar surface area (TPSA) is 70.1 Å². The summed E-state index contributed by atoms with van der Waals surface area (Å²) in [5, 5.41) is 2.58. The van der Waals surface area contributed by atoms with Crippen molar-refractivity contribution in [3.05, 3.63) is 71.0 Å². The Morgan fingerprint density at radius 3 is 2.74 bits per heavy atom. The van der Waals surface area contributed by atoms with E-state index in [0.717, 1.165) is 27.4 Å². The molecule has 4 rings (SSSR count). The van der Waals surface area contributed by atoms with E-state index < -0.39 is 5.97 Å². The maximum atomic E-state index is 12.1. The zero-order valence-electron chi connectivity index (χ0n) is 14.8. The Hall–Kier alpha value is -3.05. The van der Waals surface area contributed by atoms with Crippen LogP contribution in [0.2, 0.25) is 5.02 Å². The maximum absolute atomic E-state index is 12.1. The van der Waals surface area contributed by atoms with Gasteiger partial charge in [0, 0.05) is 33.5 Å². The summed E-state index contributed by atoms with van der Waals surface area (Å²) >= 11 is 6.14. The van der Waals surface area contributed by atoms with Crippen LogP contribution < -0.4 is 5.73 Å². The summed E-state index contributed by atoms with van der Waals surface area (Å²) < 4.78 is 7.23. The van der Waals surface area contributed by atoms with Gasteiger partial charge in [-0.15, -0.1) is 0 Å². The quantitative estimate of drug-likeness (QED) is 0.414. The highest BCUT2D eigenvalue weighted by Gasteiger charge is 2.16. The zero-order valence-corrected chi connectivity index (χ0v) is 15.5. The van der Waals surface area contributed by atoms with Gasteiger partial charge in [0.25, 0.3) is 0 Å². The van der Waals surface area contributed by atoms with E-state index in [1.807, 2.05) is 42.5 Å². The third kappa shape index (κ3) is 3.22. The minimum absolute atomic E-state index is 0.286. The molecule has 2 aromatic heterocycles. The summed E-state index contributed by atoms with van der Waals surface area (Å²) in [4.78, 5) is 16.4. The Labute approximate surface area is 161 Å². The van der Waals surface area contributed by atoms with E-state index in [9.17, 15) is 4.79 Å². The van der Waals surface area contributed by atoms with E-state index in [-0.39, 0.29) is 5.69 Å². The monoisotopic (exact) mass is 379 g/mol. The summed E-state index contributed by atoms with van der Waals surface area (Å²) in [5.41, 5.74) is 9.97. The van der Waals surface area contributed by atoms with E-state index in [1.54, 1.807) is 19.2 Å². The highest BCUT2D eigenvalue weighted by molar-refractivity contribution is 6.30. The number of benzene rings is 2. The number of rotatable bonds is 4. The number of ether oxygens (including phenoxy) is 1. The van der Waals surface area contributed by atoms with Crippen LogP contribution in [0.15, 0.2) is 54.7 Å². The minimum atomic E-state index is -0.431. The fourth-order valence-corrected chi connectivity index (χ4v) is 3.53. The molecule has 0 saturated heterocycles. The number of anilines is 1. The number of hydrogen-bond acceptors (Lipinski definition) is 4. The van der Waals surface area contributed by atoms with Gasteiger partial charge in [-0.3, -0.25) is 0 Å². The lowest BCUT2D eigenvalue weighted by molar-refractivity contribution is 0.0519. The first-order valence-electron chi connectivity index (χ1n) is 8.66. The zero-order chi connectivity index (χ0) is 19.0. The number of halogens is 1. The van der Waals surface area contributed by atoms with E-state index >= 15 is 0 Å². The number of nitrogens with two attached hydrogens (primary N) is 1. The van der Waals surface area contributed by atoms with Crippen LogP contribution in [0, 0.1) is 0 Å². The Bertz CT molecular complexity index is 1170. The summed E-state index contributed by atoms with van der Waals surface area (Å²) in [6, 6.07) is 15.3. The van der Waals surface area contributed by atoms with Gasteiger partial charge in [-0.1, -0.05) is 23.7 Å². The van der Waals surface area contributed by atoms with Crippen LogP contribution in [-0.4, -0.2) is 22.1 Å². The van der Waals surface area contributed by atoms with Gasteiger partial charge in [0.2, 0.25) is 0 Å². The first-order chi connectivity index (χ1) is 13.1. The number of fused-ring (bicyclic) bond motifs is 3. The lowest BCUT2D eigenvalue weighted by atomic mass is 10.1. The molecule has 0 atom stereocenters. The molecule has 0 aliphatic rings. The third-order valence-corrected chi connectivity index (χ3v) is 4.72. The van der Waals surface area contributed by atoms with Crippen molar-refractivity contribution in [3.8, 4) is 0 Å². The van der Waals surface area contributed by atoms with Crippen LogP contribution >= 0.6 is 11.6 Å². The van der Waals surface area contributed by atoms with Crippen molar-refractivity contribution in [3.63, 3.8) is 0 Å². The molecule has 2 aromatic carbocycles. The molecule has 0 saturated carbocycles. The largest absolute Gasteiger partial charge is 0.461 e. The Morgan fingerprint density at radius 2 is 1.96 bits per heavy atom. The van der Waals surface area contributed by atoms with Crippen molar-refractivity contribution >= 4 is 45.1 Å². The second-order valence-corrected chi connectivity index (χ2v) is 6.74. The highest BCUT2D eigenvalue weighted by Crippen LogP contribution is 2.31. The van der Waals surface area contributed by atoms with Gasteiger partial charge in [0.1, 0.15) is 5.69 Å². The fraction of sp³-hybridized carbons (Fsp3) is 0.143. The molecule has 5 nitrogen and oxygen atoms in total. The molecule has 0 radical (unpaired) electrons. The van der Waals surface area contributed by atoms with Crippen LogP contribution in [-0.2, 0) is 11.3 Å². The number of aromatic nitrogens is 2. The van der Waals surface area contributed by atoms with Gasteiger partial charge in [-0.05, 0) is 48.9 Å². The Balaban J connectivity index is 1.92. The first-order valence-corrected chi connectivity index (χ1v) is 9.03. The van der Waals surface area contributed by atoms with Crippen LogP contribution in [0.25, 0.3) is 21.8 Å². The SMILES string of the molecule is CCOC(=O)c1cc2c3cc(N)ccc3n(Cc3cccc(Cl)c3)c2cn1. The molecule has 0 amide bonds. The molecule has 0 unspecified atom stereocenters. The van der Waals surface area contributed by atoms with Crippen LogP contribution in [0.4, 0.5) is 5.69 Å². The number of carbonyl (C=O) groups is 1. The second-order valence-electron chi connectivity index (χ2n) is 6.30. The molecular formula is C21H18ClN3O2. The van der Waals surface area contributed by atoms with Crippen molar-refractivity contribution in [1.82, 2.24) is 9.55 Å². The van der Waals surface area contributed by atoms with E-state index in [2.05, 4.69) is 9.55 Å². The molecule has 27 heavy (non-hydrogen) atoms. The minimum Gasteiger partial charge on any atom is -0.461 e. The van der Waals surface area contributed by atoms with E-state index in [0.29, 0.717) is 23.9 Å². The molecule has 0 spiro atoms. The molecule has 4 aromatic rings. The maximum Gasteiger partial charge on any atom is 0.356 e. The molecule has 0 bridgehead atoms. The normalized spacial score (nSPS) is 11.2. The summed E-state index contributed by atoms with van der Waals surface area (Å²) in [6.45, 7) is 2.71. The number of pyridine rings is 1. The molecule has 0 aliphatic carbocycles. The number of nitrogen functional groups attached to an aromatic ring is 1. The van der Waals surface area contributed by atoms with Crippen LogP contribution in [0.5, 0.6) is 0 Å². The van der Waals surface area contributed by atoms with Crippen molar-refractivity contribution in [2.24, 2.45) is 0 Å². The second kappa shape index (κ2) is 6.93. The summed E-state index contributed by atoms with van der Waals surface area (Å²) in [5.74, 6) is -0.431. The smallest absolute Gasteiger partial charge is 0.356 e. The number of hydrogen-bond donors (Lipinski definition) is 1. The average molecular weight is 380 g/mol. The summed E-state index contributed by atoms with van der Waals surface area (Å²) in [7, 11) is 0. The van der Waals surface area contributed by atoms with E-state index in [1.165, 1.54) is 0 Å². The van der Waals surface area contributed by atoms with Crippen molar-refractivity contribution < 1.29 is 9.53 Å². The van der Waals surface area contributed by atoms with Gasteiger partial charge >= 0.3 is 5.97 Å². The number of carbonyl (C=O) groups excluding carboxylic acids is 1. The lowest BCUT2D eigenvalue weighted by Gasteiger charge is -2.08. The molecule has 6 heteroatoms. The van der Waals surface area contributed by atoms with Crippen LogP contribution in [0.1, 0.15) is 23.0 Å². The van der Waals surface area contributed by atoms with Gasteiger partial charge in [-0.25, -0.2) is 9.78 Å². The molecule has 2 N–H and O–H groups in total. The van der Waals surface area contributed by atoms with Crippen molar-refractivity contribution in [1.29, 1.82) is 0 Å². The standard InChI is InChI=1S/C21H18ClN3O2/c1-2-27-21(26)18-10-17-16-9-15(23)6-7-19(16)25(20(17)11-24-18)12-13-4-3-5-14(22)8-13/h3-11H,2,12,23H2,1H3. The van der Waals surface area contributed by atoms with Gasteiger partial charge < -0.3 is 15.0 Å². The predicted octanol–water partition coefficient (Wildman–Crippen LogP) is 4.65. The predicted molar refractivity (Wildman–Crippen MR) is 108 cm³/mol. The number of nitrogens with zero attached hydrogens (tertiary/aromatic N) is 2. The van der Waals surface area contributed by atoms with Crippen molar-refractivity contribution in [2.75, 3.05) is 12.3 Å². The van der Waals surface area contributed by atoms with Gasteiger partial charge in [0.15, 0.2) is 0 Å². The van der Waals surface area contributed by atoms with Crippen LogP contribution in [0.3, 0.4) is 0 Å².